The zero-order valence-corrected chi connectivity index (χ0v) is 19.1. The van der Waals surface area contributed by atoms with Crippen LogP contribution in [0, 0.1) is 11.6 Å². The van der Waals surface area contributed by atoms with E-state index in [9.17, 15) is 18.4 Å². The zero-order chi connectivity index (χ0) is 25.4. The van der Waals surface area contributed by atoms with E-state index in [0.29, 0.717) is 35.6 Å². The van der Waals surface area contributed by atoms with Crippen LogP contribution < -0.4 is 20.9 Å². The van der Waals surface area contributed by atoms with E-state index >= 15 is 0 Å². The van der Waals surface area contributed by atoms with Gasteiger partial charge in [-0.25, -0.2) is 13.8 Å². The molecule has 1 aromatic carbocycles. The molecule has 0 spiro atoms. The Kier molecular flexibility index (Phi) is 5.92. The lowest BCUT2D eigenvalue weighted by Crippen LogP contribution is -2.46. The van der Waals surface area contributed by atoms with Crippen molar-refractivity contribution in [3.05, 3.63) is 77.5 Å². The Hall–Kier alpha value is -4.61. The van der Waals surface area contributed by atoms with Gasteiger partial charge in [0.2, 0.25) is 11.9 Å². The molecule has 12 heteroatoms. The topological polar surface area (TPSA) is 116 Å². The highest BCUT2D eigenvalue weighted by Gasteiger charge is 2.34. The number of pyridine rings is 1. The SMILES string of the molecule is C=CC(=O)NC1CC(n2c(=O)c(Oc3ccc(F)cc3F)cc3cnc(Nc4cnn(C)c4)nc32)C1. The van der Waals surface area contributed by atoms with Gasteiger partial charge in [-0.2, -0.15) is 10.1 Å². The van der Waals surface area contributed by atoms with Crippen LogP contribution in [0.1, 0.15) is 18.9 Å². The van der Waals surface area contributed by atoms with Crippen molar-refractivity contribution in [1.82, 2.24) is 29.6 Å². The van der Waals surface area contributed by atoms with Crippen molar-refractivity contribution in [2.24, 2.45) is 7.05 Å². The molecule has 0 atom stereocenters. The molecule has 0 saturated heterocycles. The summed E-state index contributed by atoms with van der Waals surface area (Å²) in [6.45, 7) is 3.45. The minimum Gasteiger partial charge on any atom is -0.448 e. The molecule has 3 heterocycles. The standard InChI is InChI=1S/C24H21F2N7O3/c1-3-21(34)29-15-8-17(9-15)33-22-13(10-27-24(31-22)30-16-11-28-32(2)12-16)6-20(23(33)35)36-19-5-4-14(25)7-18(19)26/h3-7,10-12,15,17H,1,8-9H2,2H3,(H,29,34)(H,27,30,31). The smallest absolute Gasteiger partial charge is 0.295 e. The number of carbonyl (C=O) groups is 1. The summed E-state index contributed by atoms with van der Waals surface area (Å²) >= 11 is 0. The maximum absolute atomic E-state index is 14.2. The molecule has 5 rings (SSSR count). The number of nitrogens with one attached hydrogen (secondary N) is 2. The molecule has 36 heavy (non-hydrogen) atoms. The first-order valence-electron chi connectivity index (χ1n) is 11.0. The van der Waals surface area contributed by atoms with Crippen molar-refractivity contribution >= 4 is 28.6 Å². The van der Waals surface area contributed by atoms with E-state index in [4.69, 9.17) is 4.74 Å². The summed E-state index contributed by atoms with van der Waals surface area (Å²) < 4.78 is 36.2. The highest BCUT2D eigenvalue weighted by Crippen LogP contribution is 2.35. The van der Waals surface area contributed by atoms with Gasteiger partial charge in [-0.3, -0.25) is 18.8 Å². The maximum Gasteiger partial charge on any atom is 0.295 e. The van der Waals surface area contributed by atoms with Gasteiger partial charge in [-0.15, -0.1) is 0 Å². The van der Waals surface area contributed by atoms with E-state index in [-0.39, 0.29) is 35.4 Å². The number of hydrogen-bond donors (Lipinski definition) is 2. The summed E-state index contributed by atoms with van der Waals surface area (Å²) in [5.41, 5.74) is 0.455. The molecule has 0 radical (unpaired) electrons. The number of ether oxygens (including phenoxy) is 1. The third-order valence-electron chi connectivity index (χ3n) is 5.83. The summed E-state index contributed by atoms with van der Waals surface area (Å²) in [6.07, 6.45) is 6.99. The minimum absolute atomic E-state index is 0.142. The first-order valence-corrected chi connectivity index (χ1v) is 11.0. The molecule has 1 aliphatic carbocycles. The maximum atomic E-state index is 14.2. The van der Waals surface area contributed by atoms with Crippen LogP contribution in [0.3, 0.4) is 0 Å². The second-order valence-corrected chi connectivity index (χ2v) is 8.40. The van der Waals surface area contributed by atoms with Gasteiger partial charge in [0.15, 0.2) is 17.3 Å². The van der Waals surface area contributed by atoms with Crippen LogP contribution in [0.2, 0.25) is 0 Å². The number of halogens is 2. The van der Waals surface area contributed by atoms with Crippen LogP contribution in [-0.4, -0.2) is 36.3 Å². The molecule has 3 aromatic heterocycles. The number of amides is 1. The summed E-state index contributed by atoms with van der Waals surface area (Å²) in [7, 11) is 1.77. The number of hydrogen-bond acceptors (Lipinski definition) is 7. The van der Waals surface area contributed by atoms with E-state index < -0.39 is 17.2 Å². The lowest BCUT2D eigenvalue weighted by Gasteiger charge is -2.37. The van der Waals surface area contributed by atoms with Gasteiger partial charge >= 0.3 is 0 Å². The van der Waals surface area contributed by atoms with Gasteiger partial charge in [0.05, 0.1) is 11.9 Å². The fraction of sp³-hybridized carbons (Fsp3) is 0.208. The monoisotopic (exact) mass is 493 g/mol. The summed E-state index contributed by atoms with van der Waals surface area (Å²) in [5, 5.41) is 10.4. The Morgan fingerprint density at radius 2 is 2.03 bits per heavy atom. The van der Waals surface area contributed by atoms with Crippen molar-refractivity contribution in [2.75, 3.05) is 5.32 Å². The quantitative estimate of drug-likeness (QED) is 0.379. The fourth-order valence-electron chi connectivity index (χ4n) is 4.03. The molecule has 184 valence electrons. The van der Waals surface area contributed by atoms with Gasteiger partial charge in [0.1, 0.15) is 11.5 Å². The Balaban J connectivity index is 1.54. The van der Waals surface area contributed by atoms with E-state index in [0.717, 1.165) is 12.1 Å². The van der Waals surface area contributed by atoms with Crippen molar-refractivity contribution in [3.8, 4) is 11.5 Å². The van der Waals surface area contributed by atoms with Crippen LogP contribution in [0.4, 0.5) is 20.4 Å². The normalized spacial score (nSPS) is 16.9. The largest absolute Gasteiger partial charge is 0.448 e. The second-order valence-electron chi connectivity index (χ2n) is 8.40. The summed E-state index contributed by atoms with van der Waals surface area (Å²) in [4.78, 5) is 34.0. The lowest BCUT2D eigenvalue weighted by molar-refractivity contribution is -0.117. The van der Waals surface area contributed by atoms with Gasteiger partial charge in [-0.1, -0.05) is 6.58 Å². The third kappa shape index (κ3) is 4.52. The fourth-order valence-corrected chi connectivity index (χ4v) is 4.03. The summed E-state index contributed by atoms with van der Waals surface area (Å²) in [5.74, 6) is -2.21. The number of rotatable bonds is 7. The molecule has 10 nitrogen and oxygen atoms in total. The molecule has 0 aliphatic heterocycles. The van der Waals surface area contributed by atoms with Crippen LogP contribution in [0.25, 0.3) is 11.0 Å². The highest BCUT2D eigenvalue weighted by atomic mass is 19.1. The number of nitrogens with zero attached hydrogens (tertiary/aromatic N) is 5. The van der Waals surface area contributed by atoms with Gasteiger partial charge < -0.3 is 15.4 Å². The van der Waals surface area contributed by atoms with Crippen molar-refractivity contribution in [2.45, 2.75) is 24.9 Å². The molecule has 1 saturated carbocycles. The average Bonchev–Trinajstić information content (AvgIpc) is 3.23. The van der Waals surface area contributed by atoms with Crippen molar-refractivity contribution in [1.29, 1.82) is 0 Å². The van der Waals surface area contributed by atoms with E-state index in [1.165, 1.54) is 22.9 Å². The second kappa shape index (κ2) is 9.21. The number of fused-ring (bicyclic) bond motifs is 1. The average molecular weight is 493 g/mol. The third-order valence-corrected chi connectivity index (χ3v) is 5.83. The van der Waals surface area contributed by atoms with Crippen LogP contribution >= 0.6 is 0 Å². The predicted octanol–water partition coefficient (Wildman–Crippen LogP) is 3.34. The van der Waals surface area contributed by atoms with E-state index in [2.05, 4.69) is 32.3 Å². The van der Waals surface area contributed by atoms with Crippen molar-refractivity contribution in [3.63, 3.8) is 0 Å². The van der Waals surface area contributed by atoms with Crippen LogP contribution in [0.15, 0.2) is 60.3 Å². The number of aryl methyl sites for hydroxylation is 1. The van der Waals surface area contributed by atoms with Gasteiger partial charge in [-0.05, 0) is 37.1 Å². The first-order chi connectivity index (χ1) is 17.3. The van der Waals surface area contributed by atoms with Gasteiger partial charge in [0.25, 0.3) is 5.56 Å². The Bertz CT molecular complexity index is 1540. The molecule has 0 unspecified atom stereocenters. The molecule has 4 aromatic rings. The Morgan fingerprint density at radius 1 is 1.22 bits per heavy atom. The molecule has 1 fully saturated rings. The molecule has 2 N–H and O–H groups in total. The summed E-state index contributed by atoms with van der Waals surface area (Å²) in [6, 6.07) is 3.79. The van der Waals surface area contributed by atoms with Crippen LogP contribution in [0.5, 0.6) is 11.5 Å². The first kappa shape index (κ1) is 23.1. The van der Waals surface area contributed by atoms with Crippen LogP contribution in [-0.2, 0) is 11.8 Å². The molecule has 1 aliphatic rings. The highest BCUT2D eigenvalue weighted by molar-refractivity contribution is 5.87. The minimum atomic E-state index is -0.941. The molecular weight excluding hydrogens is 472 g/mol. The van der Waals surface area contributed by atoms with Gasteiger partial charge in [0, 0.05) is 43.0 Å². The van der Waals surface area contributed by atoms with Crippen molar-refractivity contribution < 1.29 is 18.3 Å². The molecule has 0 bridgehead atoms. The Labute approximate surface area is 203 Å². The predicted molar refractivity (Wildman–Crippen MR) is 127 cm³/mol. The van der Waals surface area contributed by atoms with E-state index in [1.807, 2.05) is 0 Å². The van der Waals surface area contributed by atoms with E-state index in [1.54, 1.807) is 24.1 Å². The number of aromatic nitrogens is 5. The molecular formula is C24H21F2N7O3. The zero-order valence-electron chi connectivity index (χ0n) is 19.1. The lowest BCUT2D eigenvalue weighted by atomic mass is 9.86. The molecule has 1 amide bonds. The number of benzene rings is 1. The number of carbonyl (C=O) groups excluding carboxylic acids is 1. The Morgan fingerprint density at radius 3 is 2.72 bits per heavy atom. The number of anilines is 2.